The molecule has 0 aromatic carbocycles. The molecule has 128 valence electrons. The molecule has 0 radical (unpaired) electrons. The molecule has 2 saturated carbocycles. The second kappa shape index (κ2) is 6.93. The normalized spacial score (nSPS) is 20.7. The van der Waals surface area contributed by atoms with E-state index in [1.807, 2.05) is 6.20 Å². The minimum Gasteiger partial charge on any atom is -0.355 e. The molecule has 0 saturated heterocycles. The predicted molar refractivity (Wildman–Crippen MR) is 81.1 cm³/mol. The molecular weight excluding hydrogens is 302 g/mol. The Kier molecular flexibility index (Phi) is 4.92. The van der Waals surface area contributed by atoms with Crippen LogP contribution in [0.5, 0.6) is 0 Å². The number of aromatic nitrogens is 3. The first-order valence-electron chi connectivity index (χ1n) is 8.58. The Balaban J connectivity index is 1.44. The minimum absolute atomic E-state index is 0.296. The van der Waals surface area contributed by atoms with Gasteiger partial charge in [0.1, 0.15) is 5.41 Å². The van der Waals surface area contributed by atoms with Crippen molar-refractivity contribution in [1.82, 2.24) is 20.3 Å². The lowest BCUT2D eigenvalue weighted by Gasteiger charge is -2.34. The maximum absolute atomic E-state index is 13.4. The summed E-state index contributed by atoms with van der Waals surface area (Å²) in [5.74, 6) is 0.0881. The number of rotatable bonds is 7. The Morgan fingerprint density at radius 2 is 2.09 bits per heavy atom. The largest absolute Gasteiger partial charge is 0.355 e. The van der Waals surface area contributed by atoms with Crippen LogP contribution in [-0.4, -0.2) is 33.9 Å². The van der Waals surface area contributed by atoms with Crippen LogP contribution < -0.4 is 5.32 Å². The highest BCUT2D eigenvalue weighted by Gasteiger charge is 2.47. The molecule has 1 aromatic heterocycles. The fourth-order valence-corrected chi connectivity index (χ4v) is 3.33. The molecule has 2 aliphatic rings. The van der Waals surface area contributed by atoms with Gasteiger partial charge in [0.2, 0.25) is 5.91 Å². The van der Waals surface area contributed by atoms with Crippen molar-refractivity contribution in [1.29, 1.82) is 0 Å². The molecule has 1 heterocycles. The van der Waals surface area contributed by atoms with Gasteiger partial charge in [0, 0.05) is 25.2 Å². The van der Waals surface area contributed by atoms with Crippen molar-refractivity contribution in [2.24, 2.45) is 5.41 Å². The number of nitrogens with zero attached hydrogens (tertiary/aromatic N) is 3. The van der Waals surface area contributed by atoms with E-state index in [1.54, 1.807) is 4.68 Å². The van der Waals surface area contributed by atoms with E-state index in [2.05, 4.69) is 15.6 Å². The van der Waals surface area contributed by atoms with Gasteiger partial charge in [0.15, 0.2) is 0 Å². The number of carbonyl (C=O) groups is 1. The zero-order chi connectivity index (χ0) is 16.3. The van der Waals surface area contributed by atoms with Gasteiger partial charge in [0.25, 0.3) is 6.43 Å². The topological polar surface area (TPSA) is 59.8 Å². The number of carbonyl (C=O) groups excluding carboxylic acids is 1. The fraction of sp³-hybridized carbons (Fsp3) is 0.812. The van der Waals surface area contributed by atoms with Crippen molar-refractivity contribution in [3.8, 4) is 0 Å². The third-order valence-electron chi connectivity index (χ3n) is 5.02. The summed E-state index contributed by atoms with van der Waals surface area (Å²) in [5, 5.41) is 10.9. The summed E-state index contributed by atoms with van der Waals surface area (Å²) in [6.07, 6.45) is 5.35. The number of halogens is 2. The maximum Gasteiger partial charge on any atom is 0.252 e. The highest BCUT2D eigenvalue weighted by atomic mass is 19.3. The van der Waals surface area contributed by atoms with Gasteiger partial charge in [-0.15, -0.1) is 5.10 Å². The molecule has 5 nitrogen and oxygen atoms in total. The summed E-state index contributed by atoms with van der Waals surface area (Å²) in [4.78, 5) is 12.2. The molecule has 2 fully saturated rings. The van der Waals surface area contributed by atoms with E-state index >= 15 is 0 Å². The zero-order valence-corrected chi connectivity index (χ0v) is 13.3. The van der Waals surface area contributed by atoms with E-state index in [-0.39, 0.29) is 0 Å². The molecule has 1 amide bonds. The van der Waals surface area contributed by atoms with Crippen molar-refractivity contribution in [2.75, 3.05) is 6.54 Å². The smallest absolute Gasteiger partial charge is 0.252 e. The van der Waals surface area contributed by atoms with Gasteiger partial charge >= 0.3 is 0 Å². The number of nitrogens with one attached hydrogen (secondary N) is 1. The molecule has 0 atom stereocenters. The van der Waals surface area contributed by atoms with Crippen LogP contribution in [0.3, 0.4) is 0 Å². The second-order valence-electron chi connectivity index (χ2n) is 6.81. The van der Waals surface area contributed by atoms with E-state index in [1.165, 1.54) is 12.8 Å². The number of amides is 1. The summed E-state index contributed by atoms with van der Waals surface area (Å²) in [5.41, 5.74) is -0.433. The van der Waals surface area contributed by atoms with Crippen molar-refractivity contribution in [2.45, 2.75) is 70.3 Å². The molecule has 23 heavy (non-hydrogen) atoms. The third-order valence-corrected chi connectivity index (χ3v) is 5.02. The molecule has 1 aromatic rings. The Hall–Kier alpha value is -1.53. The average molecular weight is 326 g/mol. The molecule has 2 aliphatic carbocycles. The van der Waals surface area contributed by atoms with E-state index < -0.39 is 17.7 Å². The number of hydrogen-bond donors (Lipinski definition) is 1. The summed E-state index contributed by atoms with van der Waals surface area (Å²) >= 11 is 0. The molecular formula is C16H24F2N4O. The second-order valence-corrected chi connectivity index (χ2v) is 6.81. The fourth-order valence-electron chi connectivity index (χ4n) is 3.33. The van der Waals surface area contributed by atoms with Gasteiger partial charge in [-0.25, -0.2) is 8.78 Å². The van der Waals surface area contributed by atoms with Gasteiger partial charge in [-0.1, -0.05) is 24.5 Å². The van der Waals surface area contributed by atoms with Crippen LogP contribution in [-0.2, 0) is 11.3 Å². The van der Waals surface area contributed by atoms with Crippen LogP contribution in [0.1, 0.15) is 63.0 Å². The van der Waals surface area contributed by atoms with Gasteiger partial charge in [0.05, 0.1) is 5.69 Å². The van der Waals surface area contributed by atoms with E-state index in [0.29, 0.717) is 51.1 Å². The molecule has 0 aliphatic heterocycles. The Morgan fingerprint density at radius 3 is 2.74 bits per heavy atom. The number of aryl methyl sites for hydroxylation is 1. The molecule has 0 spiro atoms. The van der Waals surface area contributed by atoms with Gasteiger partial charge in [-0.2, -0.15) is 0 Å². The number of hydrogen-bond acceptors (Lipinski definition) is 3. The molecule has 7 heteroatoms. The Bertz CT molecular complexity index is 536. The first kappa shape index (κ1) is 16.3. The molecule has 0 unspecified atom stereocenters. The molecule has 0 bridgehead atoms. The standard InChI is InChI=1S/C16H24F2N4O/c17-14(18)16(7-2-1-3-8-16)15(23)19-9-4-10-22-11-13(20-21-22)12-5-6-12/h11-12,14H,1-10H2,(H,19,23). The molecule has 3 rings (SSSR count). The highest BCUT2D eigenvalue weighted by molar-refractivity contribution is 5.83. The van der Waals surface area contributed by atoms with Crippen LogP contribution >= 0.6 is 0 Å². The minimum atomic E-state index is -2.58. The summed E-state index contributed by atoms with van der Waals surface area (Å²) in [6, 6.07) is 0. The SMILES string of the molecule is O=C(NCCCn1cc(C2CC2)nn1)C1(C(F)F)CCCCC1. The summed E-state index contributed by atoms with van der Waals surface area (Å²) < 4.78 is 28.6. The van der Waals surface area contributed by atoms with E-state index in [9.17, 15) is 13.6 Å². The van der Waals surface area contributed by atoms with Crippen molar-refractivity contribution >= 4 is 5.91 Å². The van der Waals surface area contributed by atoms with Crippen molar-refractivity contribution < 1.29 is 13.6 Å². The Morgan fingerprint density at radius 1 is 1.35 bits per heavy atom. The zero-order valence-electron chi connectivity index (χ0n) is 13.3. The monoisotopic (exact) mass is 326 g/mol. The van der Waals surface area contributed by atoms with Crippen LogP contribution in [0.2, 0.25) is 0 Å². The lowest BCUT2D eigenvalue weighted by molar-refractivity contribution is -0.144. The first-order valence-corrected chi connectivity index (χ1v) is 8.58. The first-order chi connectivity index (χ1) is 11.1. The molecule has 1 N–H and O–H groups in total. The number of alkyl halides is 2. The van der Waals surface area contributed by atoms with Gasteiger partial charge in [-0.05, 0) is 32.1 Å². The average Bonchev–Trinajstić information content (AvgIpc) is 3.31. The quantitative estimate of drug-likeness (QED) is 0.784. The van der Waals surface area contributed by atoms with Crippen molar-refractivity contribution in [3.05, 3.63) is 11.9 Å². The third kappa shape index (κ3) is 3.70. The van der Waals surface area contributed by atoms with Crippen LogP contribution in [0.25, 0.3) is 0 Å². The van der Waals surface area contributed by atoms with E-state index in [0.717, 1.165) is 12.1 Å². The Labute approximate surface area is 134 Å². The van der Waals surface area contributed by atoms with Crippen LogP contribution in [0.15, 0.2) is 6.20 Å². The van der Waals surface area contributed by atoms with Crippen LogP contribution in [0.4, 0.5) is 8.78 Å². The summed E-state index contributed by atoms with van der Waals surface area (Å²) in [7, 11) is 0. The lowest BCUT2D eigenvalue weighted by atomic mass is 9.73. The van der Waals surface area contributed by atoms with Gasteiger partial charge < -0.3 is 5.32 Å². The van der Waals surface area contributed by atoms with Crippen LogP contribution in [0, 0.1) is 5.41 Å². The lowest BCUT2D eigenvalue weighted by Crippen LogP contribution is -2.47. The van der Waals surface area contributed by atoms with Gasteiger partial charge in [-0.3, -0.25) is 9.48 Å². The predicted octanol–water partition coefficient (Wildman–Crippen LogP) is 2.88. The summed E-state index contributed by atoms with van der Waals surface area (Å²) in [6.45, 7) is 1.04. The highest BCUT2D eigenvalue weighted by Crippen LogP contribution is 2.41. The van der Waals surface area contributed by atoms with E-state index in [4.69, 9.17) is 0 Å². The van der Waals surface area contributed by atoms with Crippen molar-refractivity contribution in [3.63, 3.8) is 0 Å². The maximum atomic E-state index is 13.4.